The zero-order chi connectivity index (χ0) is 29.8. The van der Waals surface area contributed by atoms with Crippen molar-refractivity contribution >= 4 is 11.9 Å². The number of aromatic nitrogens is 3. The van der Waals surface area contributed by atoms with Gasteiger partial charge in [-0.1, -0.05) is 26.7 Å². The largest absolute Gasteiger partial charge is 0.461 e. The molecule has 1 aromatic heterocycles. The highest BCUT2D eigenvalue weighted by Crippen LogP contribution is 2.36. The van der Waals surface area contributed by atoms with Crippen molar-refractivity contribution in [3.63, 3.8) is 0 Å². The molecule has 2 aliphatic heterocycles. The van der Waals surface area contributed by atoms with Crippen molar-refractivity contribution in [2.24, 2.45) is 0 Å². The number of aliphatic hydroxyl groups is 1. The molecule has 2 fully saturated rings. The van der Waals surface area contributed by atoms with Gasteiger partial charge < -0.3 is 30.3 Å². The number of nitrogens with zero attached hydrogens (tertiary/aromatic N) is 5. The predicted octanol–water partition coefficient (Wildman–Crippen LogP) is 5.07. The summed E-state index contributed by atoms with van der Waals surface area (Å²) in [7, 11) is 0. The van der Waals surface area contributed by atoms with Gasteiger partial charge in [-0.2, -0.15) is 15.0 Å². The molecule has 9 nitrogen and oxygen atoms in total. The highest BCUT2D eigenvalue weighted by Gasteiger charge is 2.42. The van der Waals surface area contributed by atoms with Crippen LogP contribution >= 0.6 is 0 Å². The Kier molecular flexibility index (Phi) is 10.7. The van der Waals surface area contributed by atoms with E-state index in [0.717, 1.165) is 64.5 Å². The number of unbranched alkanes of at least 4 members (excludes halogenated alkanes) is 2. The summed E-state index contributed by atoms with van der Waals surface area (Å²) in [6.07, 6.45) is 8.34. The van der Waals surface area contributed by atoms with Crippen LogP contribution in [0.5, 0.6) is 6.01 Å². The number of hydrogen-bond acceptors (Lipinski definition) is 9. The van der Waals surface area contributed by atoms with Crippen LogP contribution in [0.2, 0.25) is 0 Å². The Morgan fingerprint density at radius 1 is 0.700 bits per heavy atom. The number of aliphatic hydroxyl groups excluding tert-OH is 1. The van der Waals surface area contributed by atoms with E-state index in [1.54, 1.807) is 0 Å². The van der Waals surface area contributed by atoms with Gasteiger partial charge in [0.05, 0.1) is 6.61 Å². The van der Waals surface area contributed by atoms with Crippen molar-refractivity contribution < 1.29 is 9.84 Å². The van der Waals surface area contributed by atoms with Crippen molar-refractivity contribution in [2.75, 3.05) is 36.1 Å². The summed E-state index contributed by atoms with van der Waals surface area (Å²) in [6, 6.07) is 0.885. The summed E-state index contributed by atoms with van der Waals surface area (Å²) in [5, 5.41) is 17.2. The number of hydrogen-bond donors (Lipinski definition) is 3. The van der Waals surface area contributed by atoms with Gasteiger partial charge in [0, 0.05) is 47.3 Å². The van der Waals surface area contributed by atoms with Gasteiger partial charge in [-0.15, -0.1) is 0 Å². The first-order valence-corrected chi connectivity index (χ1v) is 15.7. The Labute approximate surface area is 244 Å². The summed E-state index contributed by atoms with van der Waals surface area (Å²) in [5.41, 5.74) is 0.00946. The second kappa shape index (κ2) is 13.1. The molecule has 0 aromatic carbocycles. The first-order valence-electron chi connectivity index (χ1n) is 15.7. The summed E-state index contributed by atoms with van der Waals surface area (Å²) >= 11 is 0. The maximum Gasteiger partial charge on any atom is 0.323 e. The van der Waals surface area contributed by atoms with Gasteiger partial charge in [0.15, 0.2) is 0 Å². The quantitative estimate of drug-likeness (QED) is 0.305. The van der Waals surface area contributed by atoms with E-state index >= 15 is 0 Å². The average molecular weight is 562 g/mol. The molecule has 0 radical (unpaired) electrons. The Bertz CT molecular complexity index is 849. The van der Waals surface area contributed by atoms with Crippen LogP contribution in [0.25, 0.3) is 0 Å². The Morgan fingerprint density at radius 3 is 1.40 bits per heavy atom. The number of anilines is 2. The van der Waals surface area contributed by atoms with E-state index in [2.05, 4.69) is 89.7 Å². The second-order valence-electron chi connectivity index (χ2n) is 14.8. The van der Waals surface area contributed by atoms with Crippen molar-refractivity contribution in [1.82, 2.24) is 25.6 Å². The van der Waals surface area contributed by atoms with Gasteiger partial charge >= 0.3 is 6.01 Å². The molecule has 2 aliphatic rings. The van der Waals surface area contributed by atoms with Gasteiger partial charge in [0.1, 0.15) is 6.61 Å². The van der Waals surface area contributed by atoms with E-state index in [0.29, 0.717) is 30.0 Å². The van der Waals surface area contributed by atoms with E-state index < -0.39 is 0 Å². The zero-order valence-corrected chi connectivity index (χ0v) is 27.2. The highest BCUT2D eigenvalue weighted by atomic mass is 16.5. The van der Waals surface area contributed by atoms with Crippen molar-refractivity contribution in [3.05, 3.63) is 0 Å². The number of piperidine rings is 2. The minimum Gasteiger partial charge on any atom is -0.461 e. The fraction of sp³-hybridized carbons (Fsp3) is 0.903. The van der Waals surface area contributed by atoms with E-state index in [1.807, 2.05) is 0 Å². The lowest BCUT2D eigenvalue weighted by Crippen LogP contribution is -2.63. The molecule has 9 heteroatoms. The zero-order valence-electron chi connectivity index (χ0n) is 27.2. The first kappa shape index (κ1) is 32.8. The molecule has 0 saturated carbocycles. The molecule has 0 aliphatic carbocycles. The third-order valence-electron chi connectivity index (χ3n) is 8.15. The molecule has 3 heterocycles. The molecular formula is C31H59N7O2. The molecule has 0 atom stereocenters. The first-order chi connectivity index (χ1) is 18.6. The Morgan fingerprint density at radius 2 is 1.07 bits per heavy atom. The van der Waals surface area contributed by atoms with Crippen LogP contribution in [0.4, 0.5) is 11.9 Å². The molecule has 230 valence electrons. The topological polar surface area (TPSA) is 98.7 Å². The third kappa shape index (κ3) is 9.15. The van der Waals surface area contributed by atoms with Crippen molar-refractivity contribution in [3.8, 4) is 6.01 Å². The van der Waals surface area contributed by atoms with Crippen LogP contribution in [-0.4, -0.2) is 80.6 Å². The van der Waals surface area contributed by atoms with Crippen LogP contribution < -0.4 is 25.2 Å². The van der Waals surface area contributed by atoms with Crippen molar-refractivity contribution in [1.29, 1.82) is 0 Å². The molecule has 3 rings (SSSR count). The molecule has 0 amide bonds. The van der Waals surface area contributed by atoms with E-state index in [9.17, 15) is 5.11 Å². The van der Waals surface area contributed by atoms with E-state index in [4.69, 9.17) is 19.7 Å². The molecular weight excluding hydrogens is 502 g/mol. The summed E-state index contributed by atoms with van der Waals surface area (Å²) in [6.45, 7) is 24.7. The van der Waals surface area contributed by atoms with Gasteiger partial charge in [-0.05, 0) is 93.9 Å². The molecule has 0 unspecified atom stereocenters. The normalized spacial score (nSPS) is 22.2. The van der Waals surface area contributed by atoms with Gasteiger partial charge in [0.25, 0.3) is 0 Å². The third-order valence-corrected chi connectivity index (χ3v) is 8.15. The standard InChI is InChI=1S/C31H59N7O2/c1-11-13-15-37(23-19-28(3,4)35-29(5,6)20-23)25-32-26(34-27(33-25)40-18-17-39)38(16-14-12-2)24-21-30(7,8)36-31(9,10)22-24/h23-24,35-36,39H,11-22H2,1-10H3. The van der Waals surface area contributed by atoms with Crippen LogP contribution in [0.3, 0.4) is 0 Å². The second-order valence-corrected chi connectivity index (χ2v) is 14.8. The minimum absolute atomic E-state index is 0.00236. The highest BCUT2D eigenvalue weighted by molar-refractivity contribution is 5.43. The summed E-state index contributed by atoms with van der Waals surface area (Å²) < 4.78 is 5.89. The average Bonchev–Trinajstić information content (AvgIpc) is 2.79. The summed E-state index contributed by atoms with van der Waals surface area (Å²) in [5.74, 6) is 1.39. The maximum absolute atomic E-state index is 9.52. The van der Waals surface area contributed by atoms with E-state index in [1.165, 1.54) is 0 Å². The number of nitrogens with one attached hydrogen (secondary N) is 2. The lowest BCUT2D eigenvalue weighted by molar-refractivity contribution is 0.156. The SMILES string of the molecule is CCCCN(c1nc(OCCO)nc(N(CCCC)C2CC(C)(C)NC(C)(C)C2)n1)C1CC(C)(C)NC(C)(C)C1. The smallest absolute Gasteiger partial charge is 0.323 e. The van der Waals surface area contributed by atoms with Crippen molar-refractivity contribution in [2.45, 2.75) is 155 Å². The predicted molar refractivity (Wildman–Crippen MR) is 166 cm³/mol. The Hall–Kier alpha value is -1.71. The number of ether oxygens (including phenoxy) is 1. The molecule has 0 bridgehead atoms. The maximum atomic E-state index is 9.52. The molecule has 3 N–H and O–H groups in total. The van der Waals surface area contributed by atoms with Crippen LogP contribution in [0.15, 0.2) is 0 Å². The molecule has 0 spiro atoms. The fourth-order valence-corrected chi connectivity index (χ4v) is 7.32. The Balaban J connectivity index is 2.09. The molecule has 1 aromatic rings. The lowest BCUT2D eigenvalue weighted by Gasteiger charge is -2.50. The van der Waals surface area contributed by atoms with Gasteiger partial charge in [0.2, 0.25) is 11.9 Å². The minimum atomic E-state index is -0.0806. The van der Waals surface area contributed by atoms with Crippen LogP contribution in [-0.2, 0) is 0 Å². The van der Waals surface area contributed by atoms with Gasteiger partial charge in [-0.25, -0.2) is 0 Å². The molecule has 2 saturated heterocycles. The van der Waals surface area contributed by atoms with E-state index in [-0.39, 0.29) is 35.4 Å². The monoisotopic (exact) mass is 561 g/mol. The van der Waals surface area contributed by atoms with Crippen LogP contribution in [0, 0.1) is 0 Å². The molecule has 40 heavy (non-hydrogen) atoms. The lowest BCUT2D eigenvalue weighted by atomic mass is 9.79. The van der Waals surface area contributed by atoms with Crippen LogP contribution in [0.1, 0.15) is 121 Å². The number of rotatable bonds is 13. The summed E-state index contributed by atoms with van der Waals surface area (Å²) in [4.78, 5) is 19.8. The van der Waals surface area contributed by atoms with Gasteiger partial charge in [-0.3, -0.25) is 0 Å². The fourth-order valence-electron chi connectivity index (χ4n) is 7.32.